The summed E-state index contributed by atoms with van der Waals surface area (Å²) in [6, 6.07) is 7.49. The Morgan fingerprint density at radius 3 is 2.94 bits per heavy atom. The van der Waals surface area contributed by atoms with E-state index in [4.69, 9.17) is 0 Å². The Kier molecular flexibility index (Phi) is 3.29. The number of phenols is 1. The monoisotopic (exact) mass is 245 g/mol. The molecule has 0 fully saturated rings. The summed E-state index contributed by atoms with van der Waals surface area (Å²) in [7, 11) is 0. The molecule has 0 amide bonds. The third-order valence-corrected chi connectivity index (χ3v) is 3.31. The van der Waals surface area contributed by atoms with E-state index >= 15 is 0 Å². The Morgan fingerprint density at radius 1 is 1.47 bits per heavy atom. The fraction of sp³-hybridized carbons (Fsp3) is 0.143. The molecule has 1 N–H and O–H groups in total. The van der Waals surface area contributed by atoms with Crippen molar-refractivity contribution in [3.05, 3.63) is 53.4 Å². The lowest BCUT2D eigenvalue weighted by atomic mass is 10.2. The maximum Gasteiger partial charge on any atom is 0.116 e. The highest BCUT2D eigenvalue weighted by Gasteiger charge is 2.07. The summed E-state index contributed by atoms with van der Waals surface area (Å²) in [5, 5.41) is 12.3. The largest absolute Gasteiger partial charge is 0.508 e. The lowest BCUT2D eigenvalue weighted by Crippen LogP contribution is -1.99. The van der Waals surface area contributed by atoms with Crippen LogP contribution in [0.15, 0.2) is 47.7 Å². The van der Waals surface area contributed by atoms with Gasteiger partial charge in [-0.05, 0) is 36.6 Å². The van der Waals surface area contributed by atoms with Gasteiger partial charge < -0.3 is 9.67 Å². The van der Waals surface area contributed by atoms with Gasteiger partial charge in [0.15, 0.2) is 0 Å². The number of thioether (sulfide) groups is 1. The smallest absolute Gasteiger partial charge is 0.116 e. The topological polar surface area (TPSA) is 25.2 Å². The lowest BCUT2D eigenvalue weighted by molar-refractivity contribution is 0.476. The van der Waals surface area contributed by atoms with Crippen LogP contribution in [0.3, 0.4) is 0 Å². The third-order valence-electron chi connectivity index (χ3n) is 2.68. The fourth-order valence-electron chi connectivity index (χ4n) is 1.94. The number of benzene rings is 1. The summed E-state index contributed by atoms with van der Waals surface area (Å²) in [6.07, 6.45) is 0. The molecule has 0 aliphatic rings. The van der Waals surface area contributed by atoms with Crippen LogP contribution in [0.5, 0.6) is 5.75 Å². The van der Waals surface area contributed by atoms with E-state index < -0.39 is 0 Å². The van der Waals surface area contributed by atoms with E-state index in [0.29, 0.717) is 5.75 Å². The van der Waals surface area contributed by atoms with Crippen LogP contribution in [-0.4, -0.2) is 9.67 Å². The van der Waals surface area contributed by atoms with Crippen molar-refractivity contribution >= 4 is 22.7 Å². The first kappa shape index (κ1) is 11.9. The number of hydrogen-bond donors (Lipinski definition) is 1. The maximum atomic E-state index is 9.45. The summed E-state index contributed by atoms with van der Waals surface area (Å²) in [5.41, 5.74) is 2.28. The fourth-order valence-corrected chi connectivity index (χ4v) is 2.38. The Morgan fingerprint density at radius 2 is 2.24 bits per heavy atom. The minimum absolute atomic E-state index is 0.300. The summed E-state index contributed by atoms with van der Waals surface area (Å²) in [4.78, 5) is 1.05. The minimum Gasteiger partial charge on any atom is -0.508 e. The number of nitrogens with zero attached hydrogens (tertiary/aromatic N) is 1. The molecule has 0 aliphatic heterocycles. The van der Waals surface area contributed by atoms with Crippen molar-refractivity contribution in [1.82, 2.24) is 4.57 Å². The number of fused-ring (bicyclic) bond motifs is 1. The molecule has 2 nitrogen and oxygen atoms in total. The van der Waals surface area contributed by atoms with Gasteiger partial charge in [-0.3, -0.25) is 0 Å². The van der Waals surface area contributed by atoms with E-state index in [0.717, 1.165) is 28.0 Å². The first-order valence-corrected chi connectivity index (χ1v) is 6.24. The molecule has 0 spiro atoms. The first-order chi connectivity index (χ1) is 8.11. The quantitative estimate of drug-likeness (QED) is 0.879. The Balaban J connectivity index is 2.42. The Bertz CT molecular complexity index is 583. The molecular formula is C14H15NOS. The van der Waals surface area contributed by atoms with Crippen molar-refractivity contribution in [2.45, 2.75) is 13.5 Å². The highest BCUT2D eigenvalue weighted by atomic mass is 32.2. The standard InChI is InChI=1S/C14H15NOS/c1-4-17-11(3)9-15-10(2)7-12-8-13(16)5-6-14(12)15/h4-8,16H,1,3,9H2,2H3. The molecule has 0 saturated carbocycles. The van der Waals surface area contributed by atoms with Gasteiger partial charge in [-0.1, -0.05) is 13.2 Å². The van der Waals surface area contributed by atoms with Crippen LogP contribution in [0.4, 0.5) is 0 Å². The second-order valence-corrected chi connectivity index (χ2v) is 5.08. The molecule has 2 aromatic rings. The first-order valence-electron chi connectivity index (χ1n) is 5.36. The van der Waals surface area contributed by atoms with Crippen LogP contribution in [0.2, 0.25) is 0 Å². The molecule has 0 aliphatic carbocycles. The molecule has 0 bridgehead atoms. The van der Waals surface area contributed by atoms with Gasteiger partial charge in [-0.2, -0.15) is 0 Å². The summed E-state index contributed by atoms with van der Waals surface area (Å²) in [5.74, 6) is 0.300. The minimum atomic E-state index is 0.300. The molecule has 1 aromatic heterocycles. The van der Waals surface area contributed by atoms with E-state index in [-0.39, 0.29) is 0 Å². The van der Waals surface area contributed by atoms with Crippen molar-refractivity contribution in [3.63, 3.8) is 0 Å². The average Bonchev–Trinajstić information content (AvgIpc) is 2.55. The van der Waals surface area contributed by atoms with E-state index in [2.05, 4.69) is 30.7 Å². The summed E-state index contributed by atoms with van der Waals surface area (Å²) >= 11 is 1.55. The number of allylic oxidation sites excluding steroid dienone is 1. The Labute approximate surface area is 105 Å². The van der Waals surface area contributed by atoms with Gasteiger partial charge in [0.2, 0.25) is 0 Å². The van der Waals surface area contributed by atoms with Crippen molar-refractivity contribution in [3.8, 4) is 5.75 Å². The third kappa shape index (κ3) is 2.39. The van der Waals surface area contributed by atoms with Crippen LogP contribution < -0.4 is 0 Å². The highest BCUT2D eigenvalue weighted by molar-refractivity contribution is 8.05. The second-order valence-electron chi connectivity index (χ2n) is 3.94. The zero-order chi connectivity index (χ0) is 12.4. The normalized spacial score (nSPS) is 10.6. The van der Waals surface area contributed by atoms with Crippen molar-refractivity contribution in [2.75, 3.05) is 0 Å². The molecule has 1 heterocycles. The van der Waals surface area contributed by atoms with Gasteiger partial charge in [0.05, 0.1) is 6.54 Å². The van der Waals surface area contributed by atoms with Gasteiger partial charge in [0.25, 0.3) is 0 Å². The van der Waals surface area contributed by atoms with Gasteiger partial charge in [0, 0.05) is 21.5 Å². The van der Waals surface area contributed by atoms with Crippen LogP contribution in [0.25, 0.3) is 10.9 Å². The van der Waals surface area contributed by atoms with Gasteiger partial charge in [-0.25, -0.2) is 0 Å². The van der Waals surface area contributed by atoms with Crippen LogP contribution in [0.1, 0.15) is 5.69 Å². The van der Waals surface area contributed by atoms with E-state index in [1.807, 2.05) is 6.07 Å². The predicted octanol–water partition coefficient (Wildman–Crippen LogP) is 4.05. The van der Waals surface area contributed by atoms with Crippen LogP contribution >= 0.6 is 11.8 Å². The van der Waals surface area contributed by atoms with Crippen molar-refractivity contribution in [1.29, 1.82) is 0 Å². The molecular weight excluding hydrogens is 230 g/mol. The number of rotatable bonds is 4. The number of phenolic OH excluding ortho intramolecular Hbond substituents is 1. The highest BCUT2D eigenvalue weighted by Crippen LogP contribution is 2.26. The van der Waals surface area contributed by atoms with Crippen LogP contribution in [0, 0.1) is 6.92 Å². The molecule has 0 unspecified atom stereocenters. The van der Waals surface area contributed by atoms with Gasteiger partial charge in [0.1, 0.15) is 5.75 Å². The van der Waals surface area contributed by atoms with Crippen molar-refractivity contribution < 1.29 is 5.11 Å². The average molecular weight is 245 g/mol. The van der Waals surface area contributed by atoms with E-state index in [9.17, 15) is 5.11 Å². The van der Waals surface area contributed by atoms with E-state index in [1.165, 1.54) is 0 Å². The zero-order valence-electron chi connectivity index (χ0n) is 9.81. The lowest BCUT2D eigenvalue weighted by Gasteiger charge is -2.09. The van der Waals surface area contributed by atoms with E-state index in [1.54, 1.807) is 29.3 Å². The molecule has 3 heteroatoms. The van der Waals surface area contributed by atoms with Crippen LogP contribution in [-0.2, 0) is 6.54 Å². The number of hydrogen-bond acceptors (Lipinski definition) is 2. The predicted molar refractivity (Wildman–Crippen MR) is 75.3 cm³/mol. The maximum absolute atomic E-state index is 9.45. The summed E-state index contributed by atoms with van der Waals surface area (Å²) < 4.78 is 2.19. The SMILES string of the molecule is C=CSC(=C)Cn1c(C)cc2cc(O)ccc21. The molecule has 0 atom stereocenters. The second kappa shape index (κ2) is 4.72. The molecule has 0 saturated heterocycles. The number of aryl methyl sites for hydroxylation is 1. The number of aromatic hydroxyl groups is 1. The molecule has 88 valence electrons. The molecule has 0 radical (unpaired) electrons. The molecule has 1 aromatic carbocycles. The van der Waals surface area contributed by atoms with Crippen molar-refractivity contribution in [2.24, 2.45) is 0 Å². The van der Waals surface area contributed by atoms with Gasteiger partial charge in [-0.15, -0.1) is 11.8 Å². The molecule has 17 heavy (non-hydrogen) atoms. The molecule has 2 rings (SSSR count). The zero-order valence-corrected chi connectivity index (χ0v) is 10.6. The van der Waals surface area contributed by atoms with Gasteiger partial charge >= 0.3 is 0 Å². The Hall–Kier alpha value is -1.61. The number of aromatic nitrogens is 1. The summed E-state index contributed by atoms with van der Waals surface area (Å²) in [6.45, 7) is 10.5.